The number of carbonyl (C=O) groups excluding carboxylic acids is 1. The molecule has 0 aliphatic rings. The monoisotopic (exact) mass is 648 g/mol. The van der Waals surface area contributed by atoms with Gasteiger partial charge in [-0.05, 0) is 70.0 Å². The number of carbonyl (C=O) groups is 1. The predicted molar refractivity (Wildman–Crippen MR) is 184 cm³/mol. The van der Waals surface area contributed by atoms with E-state index in [4.69, 9.17) is 9.47 Å². The molecular formula is C40H35F3O3Si. The Morgan fingerprint density at radius 2 is 1.23 bits per heavy atom. The molecule has 0 unspecified atom stereocenters. The molecule has 3 rings (SSSR count). The van der Waals surface area contributed by atoms with Crippen molar-refractivity contribution in [2.45, 2.75) is 50.6 Å². The lowest BCUT2D eigenvalue weighted by Crippen LogP contribution is -2.63. The SMILES string of the molecule is CO[C@@](C(=O)O[C@@H](C)/C=C/C=C/C#CC#CC#CC#C[Si](c1ccccc1)(c1ccccc1)C(C)(C)C)(c1ccccc1)C(F)(F)F. The first-order valence-electron chi connectivity index (χ1n) is 14.8. The van der Waals surface area contributed by atoms with Crippen molar-refractivity contribution in [3.8, 4) is 47.0 Å². The number of methoxy groups -OCH3 is 1. The largest absolute Gasteiger partial charge is 0.456 e. The van der Waals surface area contributed by atoms with Crippen LogP contribution in [0.5, 0.6) is 0 Å². The van der Waals surface area contributed by atoms with Crippen LogP contribution < -0.4 is 10.4 Å². The van der Waals surface area contributed by atoms with Gasteiger partial charge >= 0.3 is 12.1 Å². The van der Waals surface area contributed by atoms with Gasteiger partial charge in [-0.15, -0.1) is 5.54 Å². The van der Waals surface area contributed by atoms with Crippen LogP contribution in [0.1, 0.15) is 33.3 Å². The van der Waals surface area contributed by atoms with E-state index in [1.807, 2.05) is 36.4 Å². The normalized spacial score (nSPS) is 13.4. The minimum atomic E-state index is -5.04. The molecule has 0 fully saturated rings. The third-order valence-corrected chi connectivity index (χ3v) is 12.5. The molecule has 0 aromatic heterocycles. The zero-order valence-corrected chi connectivity index (χ0v) is 27.9. The number of alkyl halides is 3. The average Bonchev–Trinajstić information content (AvgIpc) is 3.04. The zero-order chi connectivity index (χ0) is 34.4. The highest BCUT2D eigenvalue weighted by molar-refractivity contribution is 7.10. The number of esters is 1. The summed E-state index contributed by atoms with van der Waals surface area (Å²) in [5.74, 6) is 17.8. The number of hydrogen-bond acceptors (Lipinski definition) is 3. The maximum absolute atomic E-state index is 14.0. The molecule has 0 amide bonds. The lowest BCUT2D eigenvalue weighted by molar-refractivity contribution is -0.277. The van der Waals surface area contributed by atoms with Crippen molar-refractivity contribution in [3.05, 3.63) is 121 Å². The van der Waals surface area contributed by atoms with Crippen molar-refractivity contribution in [1.82, 2.24) is 0 Å². The summed E-state index contributed by atoms with van der Waals surface area (Å²) in [5, 5.41) is 2.33. The van der Waals surface area contributed by atoms with Crippen LogP contribution in [0.4, 0.5) is 13.2 Å². The van der Waals surface area contributed by atoms with E-state index in [1.165, 1.54) is 65.9 Å². The molecule has 3 aromatic rings. The zero-order valence-electron chi connectivity index (χ0n) is 26.9. The Bertz CT molecular complexity index is 1770. The van der Waals surface area contributed by atoms with Crippen LogP contribution in [0.3, 0.4) is 0 Å². The van der Waals surface area contributed by atoms with Crippen molar-refractivity contribution in [2.24, 2.45) is 0 Å². The summed E-state index contributed by atoms with van der Waals surface area (Å²) < 4.78 is 51.9. The Labute approximate surface area is 276 Å². The van der Waals surface area contributed by atoms with E-state index in [2.05, 4.69) is 92.0 Å². The standard InChI is InChI=1S/C40H35F3O3Si/c1-33(46-37(44)39(45-5,40(41,42)43)34-26-18-14-19-27-34)25-17-12-10-8-6-7-9-11-13-24-32-47(38(2,3)4,35-28-20-15-21-29-35)36-30-22-16-23-31-36/h10,12,14-23,25-31,33H,1-5H3/b12-10+,25-17+/t33-,39+/m0/s1. The first-order valence-corrected chi connectivity index (χ1v) is 16.8. The first kappa shape index (κ1) is 36.3. The van der Waals surface area contributed by atoms with Crippen molar-refractivity contribution in [1.29, 1.82) is 0 Å². The minimum Gasteiger partial charge on any atom is -0.456 e. The van der Waals surface area contributed by atoms with Crippen LogP contribution in [0.15, 0.2) is 115 Å². The highest BCUT2D eigenvalue weighted by Gasteiger charge is 2.64. The van der Waals surface area contributed by atoms with Crippen molar-refractivity contribution in [2.75, 3.05) is 7.11 Å². The lowest BCUT2D eigenvalue weighted by Gasteiger charge is -2.39. The Morgan fingerprint density at radius 1 is 0.745 bits per heavy atom. The molecule has 3 aromatic carbocycles. The van der Waals surface area contributed by atoms with Crippen molar-refractivity contribution >= 4 is 24.4 Å². The number of allylic oxidation sites excluding steroid dienone is 3. The van der Waals surface area contributed by atoms with Gasteiger partial charge in [0, 0.05) is 12.7 Å². The van der Waals surface area contributed by atoms with E-state index in [0.717, 1.165) is 7.11 Å². The van der Waals surface area contributed by atoms with Gasteiger partial charge in [-0.2, -0.15) is 13.2 Å². The lowest BCUT2D eigenvalue weighted by atomic mass is 9.92. The van der Waals surface area contributed by atoms with E-state index in [1.54, 1.807) is 6.08 Å². The second kappa shape index (κ2) is 16.4. The van der Waals surface area contributed by atoms with Crippen LogP contribution >= 0.6 is 0 Å². The van der Waals surface area contributed by atoms with Crippen LogP contribution in [-0.4, -0.2) is 33.4 Å². The molecule has 3 nitrogen and oxygen atoms in total. The predicted octanol–water partition coefficient (Wildman–Crippen LogP) is 6.75. The number of ether oxygens (including phenoxy) is 2. The van der Waals surface area contributed by atoms with Crippen LogP contribution in [-0.2, 0) is 19.9 Å². The van der Waals surface area contributed by atoms with E-state index < -0.39 is 31.9 Å². The van der Waals surface area contributed by atoms with E-state index >= 15 is 0 Å². The van der Waals surface area contributed by atoms with E-state index in [-0.39, 0.29) is 10.6 Å². The maximum atomic E-state index is 14.0. The third-order valence-electron chi connectivity index (χ3n) is 7.31. The molecule has 0 aliphatic heterocycles. The maximum Gasteiger partial charge on any atom is 0.432 e. The van der Waals surface area contributed by atoms with Gasteiger partial charge in [0.05, 0.1) is 0 Å². The van der Waals surface area contributed by atoms with Gasteiger partial charge in [-0.1, -0.05) is 130 Å². The number of halogens is 3. The number of benzene rings is 3. The molecule has 0 aliphatic carbocycles. The van der Waals surface area contributed by atoms with Crippen molar-refractivity contribution in [3.63, 3.8) is 0 Å². The molecule has 238 valence electrons. The van der Waals surface area contributed by atoms with Gasteiger partial charge in [0.1, 0.15) is 6.10 Å². The smallest absolute Gasteiger partial charge is 0.432 e. The van der Waals surface area contributed by atoms with Gasteiger partial charge in [0.25, 0.3) is 5.60 Å². The Kier molecular flexibility index (Phi) is 12.7. The molecule has 0 radical (unpaired) electrons. The van der Waals surface area contributed by atoms with Gasteiger partial charge in [-0.3, -0.25) is 0 Å². The molecule has 0 N–H and O–H groups in total. The Hall–Kier alpha value is -5.18. The number of rotatable bonds is 8. The fourth-order valence-electron chi connectivity index (χ4n) is 5.07. The summed E-state index contributed by atoms with van der Waals surface area (Å²) in [4.78, 5) is 12.7. The summed E-state index contributed by atoms with van der Waals surface area (Å²) in [7, 11) is -1.71. The fourth-order valence-corrected chi connectivity index (χ4v) is 9.43. The first-order chi connectivity index (χ1) is 22.4. The molecule has 0 spiro atoms. The summed E-state index contributed by atoms with van der Waals surface area (Å²) in [6.07, 6.45) is -0.0507. The van der Waals surface area contributed by atoms with Gasteiger partial charge in [0.15, 0.2) is 0 Å². The summed E-state index contributed by atoms with van der Waals surface area (Å²) in [6, 6.07) is 27.4. The van der Waals surface area contributed by atoms with Gasteiger partial charge in [0.2, 0.25) is 8.07 Å². The topological polar surface area (TPSA) is 35.5 Å². The van der Waals surface area contributed by atoms with Crippen LogP contribution in [0.2, 0.25) is 5.04 Å². The summed E-state index contributed by atoms with van der Waals surface area (Å²) in [5.41, 5.74) is -0.0380. The third kappa shape index (κ3) is 8.75. The Balaban J connectivity index is 1.67. The van der Waals surface area contributed by atoms with Crippen LogP contribution in [0.25, 0.3) is 0 Å². The molecule has 2 atom stereocenters. The number of hydrogen-bond donors (Lipinski definition) is 0. The quantitative estimate of drug-likeness (QED) is 0.117. The minimum absolute atomic E-state index is 0.110. The Morgan fingerprint density at radius 3 is 1.72 bits per heavy atom. The molecule has 0 saturated carbocycles. The fraction of sp³-hybridized carbons (Fsp3) is 0.225. The second-order valence-electron chi connectivity index (χ2n) is 11.4. The highest BCUT2D eigenvalue weighted by atomic mass is 28.3. The summed E-state index contributed by atoms with van der Waals surface area (Å²) in [6.45, 7) is 8.10. The van der Waals surface area contributed by atoms with Gasteiger partial charge < -0.3 is 9.47 Å². The van der Waals surface area contributed by atoms with Gasteiger partial charge in [-0.25, -0.2) is 4.79 Å². The van der Waals surface area contributed by atoms with E-state index in [9.17, 15) is 18.0 Å². The van der Waals surface area contributed by atoms with Crippen LogP contribution in [0, 0.1) is 47.0 Å². The molecule has 7 heteroatoms. The molecule has 0 heterocycles. The molecular weight excluding hydrogens is 614 g/mol. The second-order valence-corrected chi connectivity index (χ2v) is 15.8. The molecule has 0 saturated heterocycles. The molecule has 47 heavy (non-hydrogen) atoms. The summed E-state index contributed by atoms with van der Waals surface area (Å²) >= 11 is 0. The molecule has 0 bridgehead atoms. The van der Waals surface area contributed by atoms with Crippen molar-refractivity contribution < 1.29 is 27.4 Å². The average molecular weight is 649 g/mol. The highest BCUT2D eigenvalue weighted by Crippen LogP contribution is 2.43. The van der Waals surface area contributed by atoms with E-state index in [0.29, 0.717) is 0 Å².